The number of nitro groups is 1. The lowest BCUT2D eigenvalue weighted by Crippen LogP contribution is -2.42. The van der Waals surface area contributed by atoms with Crippen molar-refractivity contribution >= 4 is 23.2 Å². The molecule has 7 heteroatoms. The van der Waals surface area contributed by atoms with Crippen LogP contribution in [0.3, 0.4) is 0 Å². The molecule has 1 N–H and O–H groups in total. The number of rotatable bonds is 4. The Labute approximate surface area is 140 Å². The molecule has 7 nitrogen and oxygen atoms in total. The Morgan fingerprint density at radius 3 is 2.08 bits per heavy atom. The number of hydrogen-bond donors (Lipinski definition) is 1. The van der Waals surface area contributed by atoms with Crippen molar-refractivity contribution in [3.63, 3.8) is 0 Å². The lowest BCUT2D eigenvalue weighted by molar-refractivity contribution is -0.384. The van der Waals surface area contributed by atoms with Gasteiger partial charge in [-0.2, -0.15) is 0 Å². The Balaban J connectivity index is 2.30. The van der Waals surface area contributed by atoms with Crippen LogP contribution in [0.1, 0.15) is 20.8 Å². The summed E-state index contributed by atoms with van der Waals surface area (Å²) < 4.78 is 5.27. The Morgan fingerprint density at radius 1 is 1.04 bits per heavy atom. The maximum atomic E-state index is 12.1. The average molecular weight is 329 g/mol. The number of hydrogen-bond acceptors (Lipinski definition) is 5. The second kappa shape index (κ2) is 6.99. The zero-order chi connectivity index (χ0) is 17.7. The molecule has 0 bridgehead atoms. The van der Waals surface area contributed by atoms with E-state index in [1.807, 2.05) is 18.2 Å². The molecule has 0 fully saturated rings. The molecular formula is C17H19N3O4. The quantitative estimate of drug-likeness (QED) is 0.672. The second-order valence-electron chi connectivity index (χ2n) is 6.06. The second-order valence-corrected chi connectivity index (χ2v) is 6.06. The predicted molar refractivity (Wildman–Crippen MR) is 91.0 cm³/mol. The first-order chi connectivity index (χ1) is 11.3. The van der Waals surface area contributed by atoms with E-state index in [0.29, 0.717) is 11.4 Å². The summed E-state index contributed by atoms with van der Waals surface area (Å²) in [5, 5.41) is 12.3. The molecule has 0 saturated heterocycles. The fourth-order valence-corrected chi connectivity index (χ4v) is 1.97. The van der Waals surface area contributed by atoms with E-state index in [4.69, 9.17) is 4.74 Å². The van der Waals surface area contributed by atoms with Crippen molar-refractivity contribution in [2.45, 2.75) is 26.4 Å². The molecule has 126 valence electrons. The molecule has 0 unspecified atom stereocenters. The van der Waals surface area contributed by atoms with Crippen molar-refractivity contribution in [2.24, 2.45) is 0 Å². The molecule has 0 heterocycles. The molecule has 0 spiro atoms. The lowest BCUT2D eigenvalue weighted by atomic mass is 10.2. The number of non-ortho nitro benzene ring substituents is 1. The Bertz CT molecular complexity index is 709. The van der Waals surface area contributed by atoms with E-state index in [-0.39, 0.29) is 5.69 Å². The highest BCUT2D eigenvalue weighted by Crippen LogP contribution is 2.25. The molecule has 0 aromatic heterocycles. The summed E-state index contributed by atoms with van der Waals surface area (Å²) in [5.74, 6) is 0. The van der Waals surface area contributed by atoms with Gasteiger partial charge in [-0.25, -0.2) is 10.2 Å². The summed E-state index contributed by atoms with van der Waals surface area (Å²) in [6.07, 6.45) is -0.621. The van der Waals surface area contributed by atoms with Crippen LogP contribution in [0, 0.1) is 10.1 Å². The Hall–Kier alpha value is -3.09. The zero-order valence-corrected chi connectivity index (χ0v) is 13.7. The number of anilines is 2. The number of carbonyl (C=O) groups excluding carboxylic acids is 1. The van der Waals surface area contributed by atoms with Gasteiger partial charge in [0.15, 0.2) is 0 Å². The summed E-state index contributed by atoms with van der Waals surface area (Å²) in [6, 6.07) is 15.0. The number of carbonyl (C=O) groups is 1. The van der Waals surface area contributed by atoms with Crippen molar-refractivity contribution in [2.75, 3.05) is 5.01 Å². The van der Waals surface area contributed by atoms with E-state index < -0.39 is 16.6 Å². The van der Waals surface area contributed by atoms with Gasteiger partial charge in [0.05, 0.1) is 16.3 Å². The number of nitrogens with zero attached hydrogens (tertiary/aromatic N) is 2. The first-order valence-corrected chi connectivity index (χ1v) is 7.35. The molecule has 2 rings (SSSR count). The van der Waals surface area contributed by atoms with Gasteiger partial charge < -0.3 is 4.74 Å². The maximum Gasteiger partial charge on any atom is 0.426 e. The minimum atomic E-state index is -0.637. The molecule has 0 saturated carbocycles. The predicted octanol–water partition coefficient (Wildman–Crippen LogP) is 4.17. The van der Waals surface area contributed by atoms with Crippen molar-refractivity contribution in [3.8, 4) is 0 Å². The number of hydrazine groups is 1. The number of ether oxygens (including phenoxy) is 1. The molecule has 0 aliphatic carbocycles. The number of amides is 1. The molecule has 24 heavy (non-hydrogen) atoms. The lowest BCUT2D eigenvalue weighted by Gasteiger charge is -2.27. The Kier molecular flexibility index (Phi) is 5.03. The first kappa shape index (κ1) is 17.3. The zero-order valence-electron chi connectivity index (χ0n) is 13.7. The van der Waals surface area contributed by atoms with E-state index >= 15 is 0 Å². The molecule has 0 radical (unpaired) electrons. The molecular weight excluding hydrogens is 310 g/mol. The number of para-hydroxylation sites is 1. The summed E-state index contributed by atoms with van der Waals surface area (Å²) in [5.41, 5.74) is 3.26. The summed E-state index contributed by atoms with van der Waals surface area (Å²) >= 11 is 0. The van der Waals surface area contributed by atoms with Gasteiger partial charge in [-0.3, -0.25) is 15.1 Å². The third-order valence-corrected chi connectivity index (χ3v) is 2.94. The van der Waals surface area contributed by atoms with Gasteiger partial charge >= 0.3 is 6.09 Å². The summed E-state index contributed by atoms with van der Waals surface area (Å²) in [7, 11) is 0. The van der Waals surface area contributed by atoms with E-state index in [9.17, 15) is 14.9 Å². The summed E-state index contributed by atoms with van der Waals surface area (Å²) in [4.78, 5) is 22.4. The van der Waals surface area contributed by atoms with E-state index in [1.165, 1.54) is 17.1 Å². The van der Waals surface area contributed by atoms with Crippen LogP contribution >= 0.6 is 0 Å². The number of nitro benzene ring substituents is 1. The van der Waals surface area contributed by atoms with Gasteiger partial charge in [-0.15, -0.1) is 0 Å². The Morgan fingerprint density at radius 2 is 1.58 bits per heavy atom. The van der Waals surface area contributed by atoms with E-state index in [1.54, 1.807) is 45.0 Å². The minimum Gasteiger partial charge on any atom is -0.443 e. The third kappa shape index (κ3) is 4.70. The molecule has 2 aromatic carbocycles. The third-order valence-electron chi connectivity index (χ3n) is 2.94. The van der Waals surface area contributed by atoms with Gasteiger partial charge in [-0.05, 0) is 45.0 Å². The molecule has 0 aliphatic rings. The monoisotopic (exact) mass is 329 g/mol. The number of benzene rings is 2. The highest BCUT2D eigenvalue weighted by atomic mass is 16.6. The van der Waals surface area contributed by atoms with E-state index in [2.05, 4.69) is 5.43 Å². The van der Waals surface area contributed by atoms with Crippen LogP contribution in [0.2, 0.25) is 0 Å². The average Bonchev–Trinajstić information content (AvgIpc) is 2.52. The smallest absolute Gasteiger partial charge is 0.426 e. The highest BCUT2D eigenvalue weighted by Gasteiger charge is 2.20. The van der Waals surface area contributed by atoms with Crippen LogP contribution in [-0.4, -0.2) is 16.6 Å². The topological polar surface area (TPSA) is 84.7 Å². The van der Waals surface area contributed by atoms with Gasteiger partial charge in [0, 0.05) is 12.1 Å². The van der Waals surface area contributed by atoms with Gasteiger partial charge in [-0.1, -0.05) is 18.2 Å². The first-order valence-electron chi connectivity index (χ1n) is 7.35. The van der Waals surface area contributed by atoms with Crippen molar-refractivity contribution < 1.29 is 14.5 Å². The number of nitrogens with one attached hydrogen (secondary N) is 1. The molecule has 0 aliphatic heterocycles. The summed E-state index contributed by atoms with van der Waals surface area (Å²) in [6.45, 7) is 5.31. The minimum absolute atomic E-state index is 0.0240. The van der Waals surface area contributed by atoms with Crippen LogP contribution in [0.25, 0.3) is 0 Å². The standard InChI is InChI=1S/C17H19N3O4/c1-17(2,3)24-16(21)18-19(13-7-5-4-6-8-13)14-9-11-15(12-10-14)20(22)23/h4-12H,1-3H3,(H,18,21). The van der Waals surface area contributed by atoms with Crippen molar-refractivity contribution in [1.82, 2.24) is 5.43 Å². The largest absolute Gasteiger partial charge is 0.443 e. The molecule has 0 atom stereocenters. The molecule has 1 amide bonds. The van der Waals surface area contributed by atoms with Crippen molar-refractivity contribution in [3.05, 3.63) is 64.7 Å². The van der Waals surface area contributed by atoms with E-state index in [0.717, 1.165) is 0 Å². The normalized spacial score (nSPS) is 10.8. The van der Waals surface area contributed by atoms with Crippen LogP contribution in [0.5, 0.6) is 0 Å². The van der Waals surface area contributed by atoms with Gasteiger partial charge in [0.2, 0.25) is 0 Å². The highest BCUT2D eigenvalue weighted by molar-refractivity contribution is 5.75. The SMILES string of the molecule is CC(C)(C)OC(=O)NN(c1ccccc1)c1ccc([N+](=O)[O-])cc1. The van der Waals surface area contributed by atoms with Crippen LogP contribution in [0.4, 0.5) is 21.9 Å². The van der Waals surface area contributed by atoms with Gasteiger partial charge in [0.25, 0.3) is 5.69 Å². The fraction of sp³-hybridized carbons (Fsp3) is 0.235. The van der Waals surface area contributed by atoms with Crippen molar-refractivity contribution in [1.29, 1.82) is 0 Å². The fourth-order valence-electron chi connectivity index (χ4n) is 1.97. The van der Waals surface area contributed by atoms with Gasteiger partial charge in [0.1, 0.15) is 5.60 Å². The van der Waals surface area contributed by atoms with Crippen LogP contribution in [-0.2, 0) is 4.74 Å². The van der Waals surface area contributed by atoms with Crippen LogP contribution < -0.4 is 10.4 Å². The maximum absolute atomic E-state index is 12.1. The van der Waals surface area contributed by atoms with Crippen LogP contribution in [0.15, 0.2) is 54.6 Å². The molecule has 2 aromatic rings.